The zero-order valence-electron chi connectivity index (χ0n) is 19.4. The third-order valence-corrected chi connectivity index (χ3v) is 22.5. The molecule has 0 bridgehead atoms. The van der Waals surface area contributed by atoms with Gasteiger partial charge in [0.05, 0.1) is 0 Å². The van der Waals surface area contributed by atoms with Crippen LogP contribution in [0.3, 0.4) is 0 Å². The van der Waals surface area contributed by atoms with Crippen LogP contribution in [-0.2, 0) is 4.74 Å². The van der Waals surface area contributed by atoms with Gasteiger partial charge < -0.3 is 0 Å². The SMILES string of the molecule is C=CCC[CH](OC(=O)Oc1ccc([N+](=O)[O-])cc1)[Sn]([CH2]CCC)([CH2]CCC)[CH2]CCC. The number of allylic oxidation sites excluding steroid dienone is 1. The summed E-state index contributed by atoms with van der Waals surface area (Å²) < 4.78 is 15.1. The van der Waals surface area contributed by atoms with Gasteiger partial charge in [0.1, 0.15) is 0 Å². The maximum absolute atomic E-state index is 12.7. The molecule has 0 saturated carbocycles. The molecule has 1 atom stereocenters. The number of carbonyl (C=O) groups is 1. The van der Waals surface area contributed by atoms with Crippen LogP contribution in [0.15, 0.2) is 36.9 Å². The molecule has 0 aliphatic carbocycles. The summed E-state index contributed by atoms with van der Waals surface area (Å²) in [7, 11) is 0. The maximum atomic E-state index is 12.7. The fourth-order valence-corrected chi connectivity index (χ4v) is 21.2. The molecule has 1 aromatic carbocycles. The number of benzene rings is 1. The molecule has 31 heavy (non-hydrogen) atoms. The van der Waals surface area contributed by atoms with E-state index in [0.29, 0.717) is 0 Å². The molecule has 0 amide bonds. The topological polar surface area (TPSA) is 78.7 Å². The van der Waals surface area contributed by atoms with Crippen LogP contribution in [0.1, 0.15) is 72.1 Å². The molecule has 7 heteroatoms. The third-order valence-electron chi connectivity index (χ3n) is 5.89. The second kappa shape index (κ2) is 15.3. The molecule has 0 aromatic heterocycles. The number of nitro benzene ring substituents is 1. The average molecular weight is 540 g/mol. The Morgan fingerprint density at radius 2 is 1.58 bits per heavy atom. The Labute approximate surface area is 191 Å². The van der Waals surface area contributed by atoms with Crippen molar-refractivity contribution >= 4 is 30.2 Å². The Bertz CT molecular complexity index is 655. The zero-order chi connectivity index (χ0) is 23.1. The van der Waals surface area contributed by atoms with Gasteiger partial charge in [0.15, 0.2) is 0 Å². The average Bonchev–Trinajstić information content (AvgIpc) is 2.76. The summed E-state index contributed by atoms with van der Waals surface area (Å²) in [5.74, 6) is 0.259. The summed E-state index contributed by atoms with van der Waals surface area (Å²) in [5.41, 5.74) is -0.0431. The Morgan fingerprint density at radius 3 is 2.00 bits per heavy atom. The standard InChI is InChI=1S/C12H12NO5.3C4H9.Sn/c1-2-3-4-9-17-12(14)18-11-7-5-10(6-8-11)13(15)16;3*1-3-4-2;/h2,5-9H,1,3-4H2;3*1,3-4H2,2H3;. The molecule has 0 heterocycles. The van der Waals surface area contributed by atoms with Crippen molar-refractivity contribution < 1.29 is 19.2 Å². The molecule has 174 valence electrons. The van der Waals surface area contributed by atoms with Gasteiger partial charge in [-0.3, -0.25) is 0 Å². The number of non-ortho nitro benzene ring substituents is 1. The van der Waals surface area contributed by atoms with Crippen molar-refractivity contribution in [3.05, 3.63) is 47.0 Å². The first-order valence-electron chi connectivity index (χ1n) is 11.7. The van der Waals surface area contributed by atoms with E-state index < -0.39 is 29.5 Å². The molecule has 1 aromatic rings. The van der Waals surface area contributed by atoms with E-state index in [4.69, 9.17) is 9.47 Å². The molecule has 6 nitrogen and oxygen atoms in total. The molecule has 0 spiro atoms. The van der Waals surface area contributed by atoms with E-state index in [0.717, 1.165) is 32.1 Å². The van der Waals surface area contributed by atoms with Crippen molar-refractivity contribution in [2.45, 2.75) is 89.6 Å². The van der Waals surface area contributed by atoms with Crippen LogP contribution >= 0.6 is 0 Å². The Kier molecular flexibility index (Phi) is 13.5. The monoisotopic (exact) mass is 541 g/mol. The summed E-state index contributed by atoms with van der Waals surface area (Å²) in [6, 6.07) is 5.51. The fraction of sp³-hybridized carbons (Fsp3) is 0.625. The molecule has 0 fully saturated rings. The molecular weight excluding hydrogens is 501 g/mol. The summed E-state index contributed by atoms with van der Waals surface area (Å²) in [6.45, 7) is 10.5. The van der Waals surface area contributed by atoms with Gasteiger partial charge in [-0.2, -0.15) is 0 Å². The van der Waals surface area contributed by atoms with Crippen LogP contribution < -0.4 is 4.74 Å². The normalized spacial score (nSPS) is 12.2. The number of nitrogens with zero attached hydrogens (tertiary/aromatic N) is 1. The quantitative estimate of drug-likeness (QED) is 0.0533. The van der Waals surface area contributed by atoms with Crippen molar-refractivity contribution in [2.24, 2.45) is 0 Å². The Morgan fingerprint density at radius 1 is 1.06 bits per heavy atom. The van der Waals surface area contributed by atoms with Crippen molar-refractivity contribution in [3.8, 4) is 5.75 Å². The van der Waals surface area contributed by atoms with Crippen LogP contribution in [-0.4, -0.2) is 33.6 Å². The number of nitro groups is 1. The summed E-state index contributed by atoms with van der Waals surface area (Å²) >= 11 is -2.82. The van der Waals surface area contributed by atoms with E-state index in [-0.39, 0.29) is 15.6 Å². The molecule has 0 N–H and O–H groups in total. The van der Waals surface area contributed by atoms with E-state index in [1.165, 1.54) is 56.8 Å². The van der Waals surface area contributed by atoms with Gasteiger partial charge in [-0.15, -0.1) is 0 Å². The summed E-state index contributed by atoms with van der Waals surface area (Å²) in [5, 5.41) is 10.8. The van der Waals surface area contributed by atoms with E-state index >= 15 is 0 Å². The summed E-state index contributed by atoms with van der Waals surface area (Å²) in [4.78, 5) is 23.0. The van der Waals surface area contributed by atoms with E-state index in [1.54, 1.807) is 0 Å². The molecule has 0 aliphatic heterocycles. The second-order valence-corrected chi connectivity index (χ2v) is 22.1. The Hall–Kier alpha value is -1.57. The van der Waals surface area contributed by atoms with Gasteiger partial charge in [0, 0.05) is 0 Å². The number of ether oxygens (including phenoxy) is 2. The van der Waals surface area contributed by atoms with Crippen molar-refractivity contribution in [1.29, 1.82) is 0 Å². The number of unbranched alkanes of at least 4 members (excludes halogenated alkanes) is 3. The van der Waals surface area contributed by atoms with Crippen molar-refractivity contribution in [1.82, 2.24) is 0 Å². The molecule has 1 rings (SSSR count). The minimum atomic E-state index is -2.82. The number of hydrogen-bond donors (Lipinski definition) is 0. The van der Waals surface area contributed by atoms with Gasteiger partial charge in [-0.25, -0.2) is 0 Å². The number of carbonyl (C=O) groups excluding carboxylic acids is 1. The predicted molar refractivity (Wildman–Crippen MR) is 128 cm³/mol. The first-order chi connectivity index (χ1) is 14.9. The predicted octanol–water partition coefficient (Wildman–Crippen LogP) is 7.83. The van der Waals surface area contributed by atoms with E-state index in [1.807, 2.05) is 6.08 Å². The third kappa shape index (κ3) is 9.62. The van der Waals surface area contributed by atoms with Gasteiger partial charge in [-0.05, 0) is 0 Å². The first kappa shape index (κ1) is 27.5. The first-order valence-corrected chi connectivity index (χ1v) is 19.4. The molecule has 0 aliphatic rings. The molecular formula is C24H39NO5Sn. The summed E-state index contributed by atoms with van der Waals surface area (Å²) in [6.07, 6.45) is 9.85. The molecule has 0 saturated heterocycles. The van der Waals surface area contributed by atoms with Gasteiger partial charge in [0.25, 0.3) is 0 Å². The zero-order valence-corrected chi connectivity index (χ0v) is 22.3. The second-order valence-electron chi connectivity index (χ2n) is 8.25. The number of rotatable bonds is 16. The van der Waals surface area contributed by atoms with Crippen LogP contribution in [0, 0.1) is 10.1 Å². The van der Waals surface area contributed by atoms with E-state index in [9.17, 15) is 14.9 Å². The van der Waals surface area contributed by atoms with Crippen molar-refractivity contribution in [2.75, 3.05) is 0 Å². The van der Waals surface area contributed by atoms with Crippen LogP contribution in [0.4, 0.5) is 10.5 Å². The van der Waals surface area contributed by atoms with E-state index in [2.05, 4.69) is 27.4 Å². The van der Waals surface area contributed by atoms with Crippen LogP contribution in [0.5, 0.6) is 5.75 Å². The van der Waals surface area contributed by atoms with Crippen molar-refractivity contribution in [3.63, 3.8) is 0 Å². The Balaban J connectivity index is 3.05. The van der Waals surface area contributed by atoms with Crippen LogP contribution in [0.25, 0.3) is 0 Å². The van der Waals surface area contributed by atoms with Crippen LogP contribution in [0.2, 0.25) is 13.3 Å². The molecule has 0 radical (unpaired) electrons. The van der Waals surface area contributed by atoms with Gasteiger partial charge >= 0.3 is 192 Å². The molecule has 1 unspecified atom stereocenters. The van der Waals surface area contributed by atoms with Gasteiger partial charge in [0.2, 0.25) is 0 Å². The number of hydrogen-bond acceptors (Lipinski definition) is 5. The van der Waals surface area contributed by atoms with Gasteiger partial charge in [-0.1, -0.05) is 0 Å². The fourth-order valence-electron chi connectivity index (χ4n) is 4.08. The minimum absolute atomic E-state index is 0.0394.